The molecule has 1 aromatic heterocycles. The van der Waals surface area contributed by atoms with Gasteiger partial charge in [-0.2, -0.15) is 0 Å². The minimum absolute atomic E-state index is 0.536. The Morgan fingerprint density at radius 3 is 2.89 bits per heavy atom. The number of likely N-dealkylation sites (tertiary alicyclic amines) is 1. The van der Waals surface area contributed by atoms with Gasteiger partial charge in [-0.05, 0) is 49.4 Å². The molecule has 2 rings (SSSR count). The van der Waals surface area contributed by atoms with Crippen LogP contribution in [-0.2, 0) is 0 Å². The number of nitrogens with two attached hydrogens (primary N) is 1. The van der Waals surface area contributed by atoms with Gasteiger partial charge >= 0.3 is 0 Å². The lowest BCUT2D eigenvalue weighted by Gasteiger charge is -2.37. The zero-order valence-electron chi connectivity index (χ0n) is 11.8. The molecule has 1 fully saturated rings. The molecule has 0 bridgehead atoms. The third kappa shape index (κ3) is 3.02. The number of nitrogen functional groups attached to an aromatic ring is 1. The van der Waals surface area contributed by atoms with E-state index in [1.54, 1.807) is 0 Å². The number of aromatic nitrogens is 1. The van der Waals surface area contributed by atoms with E-state index in [0.29, 0.717) is 17.8 Å². The van der Waals surface area contributed by atoms with E-state index in [1.165, 1.54) is 43.5 Å². The molecule has 3 nitrogen and oxygen atoms in total. The largest absolute Gasteiger partial charge is 0.384 e. The Morgan fingerprint density at radius 1 is 1.44 bits per heavy atom. The fourth-order valence-corrected chi connectivity index (χ4v) is 2.97. The molecule has 0 spiro atoms. The highest BCUT2D eigenvalue weighted by atomic mass is 15.2. The van der Waals surface area contributed by atoms with Crippen molar-refractivity contribution in [2.45, 2.75) is 46.1 Å². The molecular weight excluding hydrogens is 222 g/mol. The van der Waals surface area contributed by atoms with E-state index in [-0.39, 0.29) is 0 Å². The fourth-order valence-electron chi connectivity index (χ4n) is 2.97. The summed E-state index contributed by atoms with van der Waals surface area (Å²) < 4.78 is 0. The Labute approximate surface area is 110 Å². The first-order valence-corrected chi connectivity index (χ1v) is 7.04. The SMILES string of the molecule is Cc1cc(N)ncc1C1CCCCN1CC(C)C. The molecule has 2 N–H and O–H groups in total. The Hall–Kier alpha value is -1.09. The van der Waals surface area contributed by atoms with E-state index < -0.39 is 0 Å². The zero-order valence-corrected chi connectivity index (χ0v) is 11.8. The molecule has 1 unspecified atom stereocenters. The fraction of sp³-hybridized carbons (Fsp3) is 0.667. The molecule has 1 atom stereocenters. The molecule has 0 aliphatic carbocycles. The predicted octanol–water partition coefficient (Wildman–Crippen LogP) is 3.16. The van der Waals surface area contributed by atoms with Crippen LogP contribution >= 0.6 is 0 Å². The number of pyridine rings is 1. The summed E-state index contributed by atoms with van der Waals surface area (Å²) in [5, 5.41) is 0. The second-order valence-electron chi connectivity index (χ2n) is 5.87. The lowest BCUT2D eigenvalue weighted by Crippen LogP contribution is -2.36. The minimum Gasteiger partial charge on any atom is -0.384 e. The number of hydrogen-bond acceptors (Lipinski definition) is 3. The van der Waals surface area contributed by atoms with Crippen LogP contribution in [0.5, 0.6) is 0 Å². The second kappa shape index (κ2) is 5.70. The maximum absolute atomic E-state index is 5.75. The Balaban J connectivity index is 2.22. The summed E-state index contributed by atoms with van der Waals surface area (Å²) in [5.74, 6) is 1.34. The molecule has 0 amide bonds. The average molecular weight is 247 g/mol. The van der Waals surface area contributed by atoms with Crippen LogP contribution in [0.25, 0.3) is 0 Å². The van der Waals surface area contributed by atoms with Crippen LogP contribution in [0, 0.1) is 12.8 Å². The normalized spacial score (nSPS) is 21.4. The van der Waals surface area contributed by atoms with Crippen molar-refractivity contribution in [3.63, 3.8) is 0 Å². The lowest BCUT2D eigenvalue weighted by molar-refractivity contribution is 0.131. The summed E-state index contributed by atoms with van der Waals surface area (Å²) in [6, 6.07) is 2.53. The molecule has 0 aromatic carbocycles. The summed E-state index contributed by atoms with van der Waals surface area (Å²) in [6.07, 6.45) is 5.88. The summed E-state index contributed by atoms with van der Waals surface area (Å²) in [6.45, 7) is 9.12. The maximum Gasteiger partial charge on any atom is 0.123 e. The molecule has 3 heteroatoms. The molecule has 18 heavy (non-hydrogen) atoms. The quantitative estimate of drug-likeness (QED) is 0.892. The van der Waals surface area contributed by atoms with Gasteiger partial charge in [-0.3, -0.25) is 4.90 Å². The lowest BCUT2D eigenvalue weighted by atomic mass is 9.93. The van der Waals surface area contributed by atoms with Gasteiger partial charge in [0.25, 0.3) is 0 Å². The minimum atomic E-state index is 0.536. The zero-order chi connectivity index (χ0) is 13.1. The smallest absolute Gasteiger partial charge is 0.123 e. The molecule has 1 aliphatic heterocycles. The standard InChI is InChI=1S/C15H25N3/c1-11(2)10-18-7-5-4-6-14(18)13-9-17-15(16)8-12(13)3/h8-9,11,14H,4-7,10H2,1-3H3,(H2,16,17). The third-order valence-corrected chi connectivity index (χ3v) is 3.74. The molecule has 0 saturated carbocycles. The topological polar surface area (TPSA) is 42.1 Å². The van der Waals surface area contributed by atoms with Gasteiger partial charge in [-0.15, -0.1) is 0 Å². The van der Waals surface area contributed by atoms with Crippen LogP contribution in [0.2, 0.25) is 0 Å². The number of aryl methyl sites for hydroxylation is 1. The monoisotopic (exact) mass is 247 g/mol. The van der Waals surface area contributed by atoms with E-state index in [9.17, 15) is 0 Å². The highest BCUT2D eigenvalue weighted by molar-refractivity contribution is 5.37. The molecule has 1 aliphatic rings. The molecule has 100 valence electrons. The number of nitrogens with zero attached hydrogens (tertiary/aromatic N) is 2. The van der Waals surface area contributed by atoms with Gasteiger partial charge in [0.2, 0.25) is 0 Å². The number of piperidine rings is 1. The van der Waals surface area contributed by atoms with Crippen LogP contribution < -0.4 is 5.73 Å². The van der Waals surface area contributed by atoms with Gasteiger partial charge in [0.15, 0.2) is 0 Å². The van der Waals surface area contributed by atoms with Crippen LogP contribution in [0.15, 0.2) is 12.3 Å². The van der Waals surface area contributed by atoms with Crippen molar-refractivity contribution in [3.8, 4) is 0 Å². The first-order chi connectivity index (χ1) is 8.58. The third-order valence-electron chi connectivity index (χ3n) is 3.74. The van der Waals surface area contributed by atoms with Crippen LogP contribution in [0.1, 0.15) is 50.3 Å². The molecule has 1 saturated heterocycles. The second-order valence-corrected chi connectivity index (χ2v) is 5.87. The van der Waals surface area contributed by atoms with Crippen molar-refractivity contribution in [2.24, 2.45) is 5.92 Å². The summed E-state index contributed by atoms with van der Waals surface area (Å²) in [4.78, 5) is 6.90. The van der Waals surface area contributed by atoms with Crippen molar-refractivity contribution < 1.29 is 0 Å². The highest BCUT2D eigenvalue weighted by Crippen LogP contribution is 2.33. The first-order valence-electron chi connectivity index (χ1n) is 7.04. The van der Waals surface area contributed by atoms with E-state index >= 15 is 0 Å². The average Bonchev–Trinajstić information content (AvgIpc) is 2.30. The van der Waals surface area contributed by atoms with Gasteiger partial charge in [0.05, 0.1) is 0 Å². The van der Waals surface area contributed by atoms with Gasteiger partial charge in [-0.1, -0.05) is 20.3 Å². The molecular formula is C15H25N3. The number of hydrogen-bond donors (Lipinski definition) is 1. The van der Waals surface area contributed by atoms with E-state index in [4.69, 9.17) is 5.73 Å². The van der Waals surface area contributed by atoms with Gasteiger partial charge in [0, 0.05) is 18.8 Å². The van der Waals surface area contributed by atoms with Crippen molar-refractivity contribution in [3.05, 3.63) is 23.4 Å². The Bertz CT molecular complexity index is 401. The van der Waals surface area contributed by atoms with Crippen molar-refractivity contribution in [1.29, 1.82) is 0 Å². The Kier molecular flexibility index (Phi) is 4.23. The first kappa shape index (κ1) is 13.3. The maximum atomic E-state index is 5.75. The summed E-state index contributed by atoms with van der Waals surface area (Å²) >= 11 is 0. The Morgan fingerprint density at radius 2 is 2.22 bits per heavy atom. The van der Waals surface area contributed by atoms with Gasteiger partial charge in [-0.25, -0.2) is 4.98 Å². The van der Waals surface area contributed by atoms with E-state index in [0.717, 1.165) is 0 Å². The van der Waals surface area contributed by atoms with Crippen molar-refractivity contribution in [2.75, 3.05) is 18.8 Å². The summed E-state index contributed by atoms with van der Waals surface area (Å²) in [5.41, 5.74) is 8.39. The van der Waals surface area contributed by atoms with Crippen molar-refractivity contribution >= 4 is 5.82 Å². The molecule has 2 heterocycles. The van der Waals surface area contributed by atoms with E-state index in [2.05, 4.69) is 30.7 Å². The van der Waals surface area contributed by atoms with Crippen LogP contribution in [0.3, 0.4) is 0 Å². The predicted molar refractivity (Wildman–Crippen MR) is 76.4 cm³/mol. The van der Waals surface area contributed by atoms with Gasteiger partial charge < -0.3 is 5.73 Å². The van der Waals surface area contributed by atoms with Gasteiger partial charge in [0.1, 0.15) is 5.82 Å². The summed E-state index contributed by atoms with van der Waals surface area (Å²) in [7, 11) is 0. The number of rotatable bonds is 3. The van der Waals surface area contributed by atoms with Crippen LogP contribution in [-0.4, -0.2) is 23.0 Å². The number of anilines is 1. The van der Waals surface area contributed by atoms with Crippen LogP contribution in [0.4, 0.5) is 5.82 Å². The molecule has 0 radical (unpaired) electrons. The molecule has 1 aromatic rings. The van der Waals surface area contributed by atoms with E-state index in [1.807, 2.05) is 12.3 Å². The van der Waals surface area contributed by atoms with Crippen molar-refractivity contribution in [1.82, 2.24) is 9.88 Å². The highest BCUT2D eigenvalue weighted by Gasteiger charge is 2.25.